The van der Waals surface area contributed by atoms with Crippen molar-refractivity contribution in [2.45, 2.75) is 20.0 Å². The Labute approximate surface area is 174 Å². The average molecular weight is 423 g/mol. The van der Waals surface area contributed by atoms with Crippen molar-refractivity contribution in [2.75, 3.05) is 5.32 Å². The molecule has 1 amide bonds. The number of carbonyl (C=O) groups excluding carboxylic acids is 1. The van der Waals surface area contributed by atoms with Crippen LogP contribution < -0.4 is 16.6 Å². The van der Waals surface area contributed by atoms with Crippen LogP contribution in [0.25, 0.3) is 10.2 Å². The Balaban J connectivity index is 1.72. The van der Waals surface area contributed by atoms with E-state index >= 15 is 0 Å². The highest BCUT2D eigenvalue weighted by atomic mass is 32.1. The number of carbonyl (C=O) groups is 1. The van der Waals surface area contributed by atoms with Gasteiger partial charge in [0.1, 0.15) is 17.1 Å². The van der Waals surface area contributed by atoms with Gasteiger partial charge in [0, 0.05) is 11.3 Å². The highest BCUT2D eigenvalue weighted by molar-refractivity contribution is 7.17. The van der Waals surface area contributed by atoms with Gasteiger partial charge in [0.15, 0.2) is 0 Å². The molecule has 2 heterocycles. The molecule has 152 valence electrons. The second kappa shape index (κ2) is 8.08. The summed E-state index contributed by atoms with van der Waals surface area (Å²) in [5.74, 6) is -0.900. The molecule has 0 saturated carbocycles. The van der Waals surface area contributed by atoms with E-state index in [4.69, 9.17) is 0 Å². The fourth-order valence-electron chi connectivity index (χ4n) is 3.20. The molecule has 0 aliphatic heterocycles. The van der Waals surface area contributed by atoms with E-state index in [2.05, 4.69) is 5.32 Å². The van der Waals surface area contributed by atoms with Gasteiger partial charge in [-0.2, -0.15) is 0 Å². The Morgan fingerprint density at radius 1 is 1.03 bits per heavy atom. The molecule has 0 unspecified atom stereocenters. The van der Waals surface area contributed by atoms with Crippen LogP contribution in [0, 0.1) is 12.7 Å². The number of rotatable bonds is 5. The van der Waals surface area contributed by atoms with Gasteiger partial charge in [0.2, 0.25) is 5.91 Å². The van der Waals surface area contributed by atoms with Gasteiger partial charge in [-0.05, 0) is 36.6 Å². The smallest absolute Gasteiger partial charge is 0.325 e. The monoisotopic (exact) mass is 423 g/mol. The molecule has 1 N–H and O–H groups in total. The van der Waals surface area contributed by atoms with Gasteiger partial charge in [0.05, 0.1) is 12.1 Å². The molecule has 4 rings (SSSR count). The minimum Gasteiger partial charge on any atom is -0.325 e. The number of aromatic nitrogens is 2. The predicted octanol–water partition coefficient (Wildman–Crippen LogP) is 3.36. The summed E-state index contributed by atoms with van der Waals surface area (Å²) >= 11 is 1.18. The maximum absolute atomic E-state index is 14.1. The first-order valence-electron chi connectivity index (χ1n) is 9.25. The summed E-state index contributed by atoms with van der Waals surface area (Å²) < 4.78 is 16.6. The van der Waals surface area contributed by atoms with Crippen molar-refractivity contribution in [2.24, 2.45) is 0 Å². The van der Waals surface area contributed by atoms with E-state index in [1.54, 1.807) is 29.6 Å². The van der Waals surface area contributed by atoms with Crippen molar-refractivity contribution in [3.05, 3.63) is 97.8 Å². The molecule has 8 heteroatoms. The second-order valence-corrected chi connectivity index (χ2v) is 7.82. The van der Waals surface area contributed by atoms with Gasteiger partial charge in [-0.25, -0.2) is 9.18 Å². The number of hydrogen-bond acceptors (Lipinski definition) is 4. The lowest BCUT2D eigenvalue weighted by molar-refractivity contribution is -0.116. The van der Waals surface area contributed by atoms with Crippen molar-refractivity contribution >= 4 is 33.1 Å². The molecule has 30 heavy (non-hydrogen) atoms. The number of benzene rings is 2. The van der Waals surface area contributed by atoms with Gasteiger partial charge in [0.25, 0.3) is 5.56 Å². The fourth-order valence-corrected chi connectivity index (χ4v) is 4.05. The van der Waals surface area contributed by atoms with E-state index in [9.17, 15) is 18.8 Å². The third-order valence-corrected chi connectivity index (χ3v) is 5.65. The first kappa shape index (κ1) is 19.8. The topological polar surface area (TPSA) is 73.1 Å². The van der Waals surface area contributed by atoms with Crippen molar-refractivity contribution in [1.29, 1.82) is 0 Å². The standard InChI is InChI=1S/C22H18FN3O3S/c1-14-6-8-16(9-7-14)24-19(27)13-25-18-10-11-30-20(18)21(28)26(22(25)29)12-15-4-2-3-5-17(15)23/h2-11H,12-13H2,1H3,(H,24,27). The zero-order valence-electron chi connectivity index (χ0n) is 16.1. The zero-order valence-corrected chi connectivity index (χ0v) is 16.9. The number of fused-ring (bicyclic) bond motifs is 1. The van der Waals surface area contributed by atoms with Crippen molar-refractivity contribution < 1.29 is 9.18 Å². The van der Waals surface area contributed by atoms with E-state index in [1.807, 2.05) is 19.1 Å². The van der Waals surface area contributed by atoms with Gasteiger partial charge in [-0.3, -0.25) is 18.7 Å². The van der Waals surface area contributed by atoms with Crippen LogP contribution in [0.3, 0.4) is 0 Å². The number of nitrogens with zero attached hydrogens (tertiary/aromatic N) is 2. The summed E-state index contributed by atoms with van der Waals surface area (Å²) in [4.78, 5) is 38.5. The lowest BCUT2D eigenvalue weighted by atomic mass is 10.2. The number of thiophene rings is 1. The summed E-state index contributed by atoms with van der Waals surface area (Å²) in [5.41, 5.74) is 1.13. The Morgan fingerprint density at radius 2 is 1.77 bits per heavy atom. The van der Waals surface area contributed by atoms with Gasteiger partial charge in [-0.15, -0.1) is 11.3 Å². The zero-order chi connectivity index (χ0) is 21.3. The quantitative estimate of drug-likeness (QED) is 0.535. The van der Waals surface area contributed by atoms with Gasteiger partial charge >= 0.3 is 5.69 Å². The SMILES string of the molecule is Cc1ccc(NC(=O)Cn2c(=O)n(Cc3ccccc3F)c(=O)c3sccc32)cc1. The first-order valence-corrected chi connectivity index (χ1v) is 10.1. The van der Waals surface area contributed by atoms with Crippen molar-refractivity contribution in [3.63, 3.8) is 0 Å². The van der Waals surface area contributed by atoms with Crippen LogP contribution >= 0.6 is 11.3 Å². The predicted molar refractivity (Wildman–Crippen MR) is 116 cm³/mol. The largest absolute Gasteiger partial charge is 0.332 e. The van der Waals surface area contributed by atoms with E-state index in [-0.39, 0.29) is 18.7 Å². The minimum absolute atomic E-state index is 0.211. The molecule has 0 aliphatic carbocycles. The van der Waals surface area contributed by atoms with Crippen molar-refractivity contribution in [3.8, 4) is 0 Å². The number of halogens is 1. The molecule has 0 aliphatic rings. The molecule has 0 radical (unpaired) electrons. The minimum atomic E-state index is -0.659. The number of aryl methyl sites for hydroxylation is 1. The molecule has 0 spiro atoms. The third-order valence-electron chi connectivity index (χ3n) is 4.76. The number of nitrogens with one attached hydrogen (secondary N) is 1. The maximum atomic E-state index is 14.1. The number of amides is 1. The molecule has 0 saturated heterocycles. The Bertz CT molecular complexity index is 1350. The Hall–Kier alpha value is -3.52. The van der Waals surface area contributed by atoms with Crippen LogP contribution in [0.1, 0.15) is 11.1 Å². The van der Waals surface area contributed by atoms with Crippen LogP contribution in [-0.4, -0.2) is 15.0 Å². The van der Waals surface area contributed by atoms with E-state index < -0.39 is 23.0 Å². The summed E-state index contributed by atoms with van der Waals surface area (Å²) in [7, 11) is 0. The highest BCUT2D eigenvalue weighted by Crippen LogP contribution is 2.16. The molecule has 0 atom stereocenters. The van der Waals surface area contributed by atoms with Gasteiger partial charge in [-0.1, -0.05) is 35.9 Å². The molecular formula is C22H18FN3O3S. The average Bonchev–Trinajstić information content (AvgIpc) is 3.21. The normalized spacial score (nSPS) is 11.0. The third kappa shape index (κ3) is 3.81. The molecule has 0 fully saturated rings. The molecule has 4 aromatic rings. The van der Waals surface area contributed by atoms with Crippen LogP contribution in [0.5, 0.6) is 0 Å². The molecule has 2 aromatic carbocycles. The second-order valence-electron chi connectivity index (χ2n) is 6.90. The summed E-state index contributed by atoms with van der Waals surface area (Å²) in [6.45, 7) is 1.46. The Morgan fingerprint density at radius 3 is 2.50 bits per heavy atom. The summed E-state index contributed by atoms with van der Waals surface area (Å²) in [6, 6.07) is 14.9. The van der Waals surface area contributed by atoms with E-state index in [0.717, 1.165) is 10.1 Å². The van der Waals surface area contributed by atoms with Crippen LogP contribution in [0.4, 0.5) is 10.1 Å². The maximum Gasteiger partial charge on any atom is 0.332 e. The molecule has 2 aromatic heterocycles. The first-order chi connectivity index (χ1) is 14.4. The Kier molecular flexibility index (Phi) is 5.33. The summed E-state index contributed by atoms with van der Waals surface area (Å²) in [5, 5.41) is 4.44. The fraction of sp³-hybridized carbons (Fsp3) is 0.136. The molecule has 0 bridgehead atoms. The van der Waals surface area contributed by atoms with Crippen molar-refractivity contribution in [1.82, 2.24) is 9.13 Å². The number of anilines is 1. The van der Waals surface area contributed by atoms with E-state index in [1.165, 1.54) is 34.1 Å². The summed E-state index contributed by atoms with van der Waals surface area (Å²) in [6.07, 6.45) is 0. The molecule has 6 nitrogen and oxygen atoms in total. The lowest BCUT2D eigenvalue weighted by Gasteiger charge is -2.13. The van der Waals surface area contributed by atoms with Gasteiger partial charge < -0.3 is 5.32 Å². The highest BCUT2D eigenvalue weighted by Gasteiger charge is 2.17. The van der Waals surface area contributed by atoms with Crippen LogP contribution in [-0.2, 0) is 17.9 Å². The lowest BCUT2D eigenvalue weighted by Crippen LogP contribution is -2.41. The van der Waals surface area contributed by atoms with Crippen LogP contribution in [0.2, 0.25) is 0 Å². The van der Waals surface area contributed by atoms with Crippen LogP contribution in [0.15, 0.2) is 69.6 Å². The molecular weight excluding hydrogens is 405 g/mol. The number of hydrogen-bond donors (Lipinski definition) is 1. The van der Waals surface area contributed by atoms with E-state index in [0.29, 0.717) is 15.9 Å².